The van der Waals surface area contributed by atoms with Crippen LogP contribution in [-0.2, 0) is 6.18 Å². The summed E-state index contributed by atoms with van der Waals surface area (Å²) >= 11 is 0. The number of aliphatic imine (C=N–C) groups is 1. The molecule has 2 aromatic carbocycles. The number of carbonyl (C=O) groups is 1. The van der Waals surface area contributed by atoms with Crippen molar-refractivity contribution in [3.05, 3.63) is 65.5 Å². The number of amides is 1. The number of carbonyl (C=O) groups excluding carboxylic acids is 1. The van der Waals surface area contributed by atoms with Crippen LogP contribution in [0.25, 0.3) is 11.3 Å². The molecule has 0 aliphatic carbocycles. The average Bonchev–Trinajstić information content (AvgIpc) is 3.16. The number of alkyl halides is 3. The summed E-state index contributed by atoms with van der Waals surface area (Å²) in [4.78, 5) is 17.0. The van der Waals surface area contributed by atoms with E-state index in [9.17, 15) is 27.5 Å². The van der Waals surface area contributed by atoms with Crippen LogP contribution in [0.3, 0.4) is 0 Å². The number of phenolic OH excluding ortho intramolecular Hbond substituents is 1. The van der Waals surface area contributed by atoms with Gasteiger partial charge < -0.3 is 10.4 Å². The number of aromatic hydroxyl groups is 1. The van der Waals surface area contributed by atoms with E-state index in [2.05, 4.69) is 25.8 Å². The molecule has 1 amide bonds. The van der Waals surface area contributed by atoms with E-state index in [1.54, 1.807) is 20.8 Å². The molecule has 0 fully saturated rings. The predicted octanol–water partition coefficient (Wildman–Crippen LogP) is 4.94. The number of nitrogens with zero attached hydrogens (tertiary/aromatic N) is 2. The Hall–Kier alpha value is -3.89. The molecule has 0 saturated heterocycles. The standard InChI is InChI=1S/C22H21F4N5O2/c1-21(2,3)29-20(28-19(33)12-4-7-14(8-5-12)22(24,25)26)27-18-11-16(30-31-18)13-6-9-17(32)15(23)10-13/h4-11,32H,1-3H3,(H3,27,28,29,30,31,33). The van der Waals surface area contributed by atoms with Crippen molar-refractivity contribution in [2.75, 3.05) is 5.32 Å². The van der Waals surface area contributed by atoms with Crippen LogP contribution >= 0.6 is 0 Å². The van der Waals surface area contributed by atoms with Crippen molar-refractivity contribution in [2.45, 2.75) is 32.5 Å². The molecule has 0 saturated carbocycles. The lowest BCUT2D eigenvalue weighted by Gasteiger charge is -2.17. The first kappa shape index (κ1) is 23.8. The van der Waals surface area contributed by atoms with Crippen LogP contribution in [0.4, 0.5) is 23.4 Å². The van der Waals surface area contributed by atoms with Crippen LogP contribution in [0.2, 0.25) is 0 Å². The van der Waals surface area contributed by atoms with Gasteiger partial charge in [0.1, 0.15) is 0 Å². The highest BCUT2D eigenvalue weighted by Gasteiger charge is 2.30. The first-order valence-corrected chi connectivity index (χ1v) is 9.71. The third-order valence-electron chi connectivity index (χ3n) is 4.24. The van der Waals surface area contributed by atoms with Gasteiger partial charge in [-0.2, -0.15) is 18.3 Å². The molecule has 0 bridgehead atoms. The lowest BCUT2D eigenvalue weighted by Crippen LogP contribution is -2.38. The number of hydrogen-bond donors (Lipinski definition) is 4. The maximum atomic E-state index is 13.6. The predicted molar refractivity (Wildman–Crippen MR) is 115 cm³/mol. The summed E-state index contributed by atoms with van der Waals surface area (Å²) in [6.45, 7) is 5.36. The number of aromatic nitrogens is 2. The summed E-state index contributed by atoms with van der Waals surface area (Å²) in [5.74, 6) is -1.69. The summed E-state index contributed by atoms with van der Waals surface area (Å²) in [5.41, 5.74) is -0.617. The molecular formula is C22H21F4N5O2. The largest absolute Gasteiger partial charge is 0.505 e. The van der Waals surface area contributed by atoms with Crippen molar-refractivity contribution < 1.29 is 27.5 Å². The number of anilines is 1. The number of H-pyrrole nitrogens is 1. The van der Waals surface area contributed by atoms with E-state index in [1.165, 1.54) is 18.2 Å². The molecule has 0 unspecified atom stereocenters. The van der Waals surface area contributed by atoms with Crippen LogP contribution in [0.1, 0.15) is 36.7 Å². The summed E-state index contributed by atoms with van der Waals surface area (Å²) in [6, 6.07) is 9.14. The smallest absolute Gasteiger partial charge is 0.416 e. The van der Waals surface area contributed by atoms with E-state index < -0.39 is 34.8 Å². The number of hydrogen-bond acceptors (Lipinski definition) is 4. The maximum absolute atomic E-state index is 13.6. The molecule has 3 rings (SSSR count). The van der Waals surface area contributed by atoms with Gasteiger partial charge in [0.15, 0.2) is 17.4 Å². The molecule has 0 atom stereocenters. The van der Waals surface area contributed by atoms with Gasteiger partial charge in [0.25, 0.3) is 5.91 Å². The highest BCUT2D eigenvalue weighted by atomic mass is 19.4. The Morgan fingerprint density at radius 2 is 1.73 bits per heavy atom. The van der Waals surface area contributed by atoms with E-state index in [-0.39, 0.29) is 17.3 Å². The summed E-state index contributed by atoms with van der Waals surface area (Å²) < 4.78 is 51.9. The van der Waals surface area contributed by atoms with Gasteiger partial charge in [0.05, 0.1) is 16.8 Å². The summed E-state index contributed by atoms with van der Waals surface area (Å²) in [5, 5.41) is 21.5. The number of guanidine groups is 1. The van der Waals surface area contributed by atoms with Crippen molar-refractivity contribution in [1.29, 1.82) is 0 Å². The Bertz CT molecular complexity index is 1180. The molecule has 7 nitrogen and oxygen atoms in total. The van der Waals surface area contributed by atoms with Gasteiger partial charge in [-0.05, 0) is 63.2 Å². The van der Waals surface area contributed by atoms with E-state index >= 15 is 0 Å². The molecule has 11 heteroatoms. The van der Waals surface area contributed by atoms with E-state index in [1.807, 2.05) is 0 Å². The lowest BCUT2D eigenvalue weighted by molar-refractivity contribution is -0.137. The van der Waals surface area contributed by atoms with Crippen LogP contribution < -0.4 is 10.6 Å². The second-order valence-corrected chi connectivity index (χ2v) is 8.12. The molecule has 1 heterocycles. The second kappa shape index (κ2) is 8.93. The minimum Gasteiger partial charge on any atom is -0.505 e. The van der Waals surface area contributed by atoms with Crippen LogP contribution in [0.15, 0.2) is 53.5 Å². The molecule has 174 valence electrons. The fourth-order valence-corrected chi connectivity index (χ4v) is 2.74. The fraction of sp³-hybridized carbons (Fsp3) is 0.227. The minimum absolute atomic E-state index is 0.00805. The normalized spacial score (nSPS) is 12.5. The topological polar surface area (TPSA) is 102 Å². The van der Waals surface area contributed by atoms with Crippen molar-refractivity contribution in [2.24, 2.45) is 4.99 Å². The van der Waals surface area contributed by atoms with E-state index in [0.29, 0.717) is 11.3 Å². The van der Waals surface area contributed by atoms with Crippen molar-refractivity contribution >= 4 is 17.7 Å². The van der Waals surface area contributed by atoms with Gasteiger partial charge in [0, 0.05) is 17.2 Å². The average molecular weight is 463 g/mol. The lowest BCUT2D eigenvalue weighted by atomic mass is 10.1. The molecule has 0 aliphatic heterocycles. The third-order valence-corrected chi connectivity index (χ3v) is 4.24. The number of aromatic amines is 1. The Morgan fingerprint density at radius 3 is 2.30 bits per heavy atom. The quantitative estimate of drug-likeness (QED) is 0.251. The van der Waals surface area contributed by atoms with Crippen molar-refractivity contribution in [3.8, 4) is 17.0 Å². The monoisotopic (exact) mass is 463 g/mol. The number of phenols is 1. The van der Waals surface area contributed by atoms with Crippen LogP contribution in [-0.4, -0.2) is 32.7 Å². The van der Waals surface area contributed by atoms with Crippen LogP contribution in [0.5, 0.6) is 5.75 Å². The molecule has 0 spiro atoms. The molecule has 0 radical (unpaired) electrons. The zero-order chi connectivity index (χ0) is 24.4. The fourth-order valence-electron chi connectivity index (χ4n) is 2.74. The Kier molecular flexibility index (Phi) is 6.43. The van der Waals surface area contributed by atoms with Gasteiger partial charge in [-0.15, -0.1) is 0 Å². The van der Waals surface area contributed by atoms with Gasteiger partial charge in [-0.25, -0.2) is 9.38 Å². The third kappa shape index (κ3) is 6.31. The van der Waals surface area contributed by atoms with Crippen molar-refractivity contribution in [3.63, 3.8) is 0 Å². The van der Waals surface area contributed by atoms with E-state index in [4.69, 9.17) is 0 Å². The number of nitrogens with one attached hydrogen (secondary N) is 3. The maximum Gasteiger partial charge on any atom is 0.416 e. The molecule has 33 heavy (non-hydrogen) atoms. The number of halogens is 4. The number of rotatable bonds is 3. The van der Waals surface area contributed by atoms with Crippen molar-refractivity contribution in [1.82, 2.24) is 15.5 Å². The first-order chi connectivity index (χ1) is 15.3. The van der Waals surface area contributed by atoms with E-state index in [0.717, 1.165) is 30.3 Å². The highest BCUT2D eigenvalue weighted by molar-refractivity contribution is 6.09. The van der Waals surface area contributed by atoms with Gasteiger partial charge >= 0.3 is 6.18 Å². The van der Waals surface area contributed by atoms with Gasteiger partial charge in [-0.1, -0.05) is 0 Å². The number of benzene rings is 2. The SMILES string of the molecule is CC(C)(C)N=C(NC(=O)c1ccc(C(F)(F)F)cc1)Nc1cc(-c2ccc(O)c(F)c2)[nH]n1. The van der Waals surface area contributed by atoms with Crippen LogP contribution in [0, 0.1) is 5.82 Å². The van der Waals surface area contributed by atoms with Gasteiger partial charge in [-0.3, -0.25) is 15.2 Å². The Balaban J connectivity index is 1.80. The first-order valence-electron chi connectivity index (χ1n) is 9.71. The molecular weight excluding hydrogens is 442 g/mol. The molecule has 4 N–H and O–H groups in total. The molecule has 0 aliphatic rings. The zero-order valence-corrected chi connectivity index (χ0v) is 17.9. The highest BCUT2D eigenvalue weighted by Crippen LogP contribution is 2.29. The molecule has 1 aromatic heterocycles. The summed E-state index contributed by atoms with van der Waals surface area (Å²) in [6.07, 6.45) is -4.51. The molecule has 3 aromatic rings. The Morgan fingerprint density at radius 1 is 1.06 bits per heavy atom. The summed E-state index contributed by atoms with van der Waals surface area (Å²) in [7, 11) is 0. The second-order valence-electron chi connectivity index (χ2n) is 8.12. The zero-order valence-electron chi connectivity index (χ0n) is 17.9. The Labute approximate surface area is 186 Å². The van der Waals surface area contributed by atoms with Gasteiger partial charge in [0.2, 0.25) is 5.96 Å². The minimum atomic E-state index is -4.51.